The van der Waals surface area contributed by atoms with Crippen molar-refractivity contribution in [2.45, 2.75) is 13.3 Å². The minimum absolute atomic E-state index is 0.186. The van der Waals surface area contributed by atoms with Gasteiger partial charge >= 0.3 is 5.91 Å². The van der Waals surface area contributed by atoms with Crippen LogP contribution in [0.2, 0.25) is 0 Å². The van der Waals surface area contributed by atoms with Gasteiger partial charge in [-0.05, 0) is 65.0 Å². The molecule has 1 amide bonds. The van der Waals surface area contributed by atoms with Crippen molar-refractivity contribution in [3.63, 3.8) is 0 Å². The van der Waals surface area contributed by atoms with E-state index in [0.717, 1.165) is 16.6 Å². The Morgan fingerprint density at radius 3 is 2.93 bits per heavy atom. The Hall–Kier alpha value is -2.98. The molecular formula is C20H14BrFN4O. The van der Waals surface area contributed by atoms with E-state index < -0.39 is 5.91 Å². The fraction of sp³-hybridized carbons (Fsp3) is 0.150. The zero-order valence-electron chi connectivity index (χ0n) is 14.4. The van der Waals surface area contributed by atoms with Crippen LogP contribution in [0.1, 0.15) is 12.5 Å². The van der Waals surface area contributed by atoms with Crippen LogP contribution in [0.5, 0.6) is 0 Å². The molecule has 0 radical (unpaired) electrons. The van der Waals surface area contributed by atoms with Crippen LogP contribution in [0.25, 0.3) is 10.9 Å². The third kappa shape index (κ3) is 3.24. The first-order chi connectivity index (χ1) is 13.1. The summed E-state index contributed by atoms with van der Waals surface area (Å²) >= 11 is 3.26. The second-order valence-corrected chi connectivity index (χ2v) is 6.87. The average Bonchev–Trinajstić information content (AvgIpc) is 3.04. The van der Waals surface area contributed by atoms with Crippen molar-refractivity contribution in [1.29, 1.82) is 0 Å². The SMILES string of the molecule is CC#CC(=O)Nc1nc(N2CCc3cc(F)c(Br)cc32)c2ccccc2n1. The van der Waals surface area contributed by atoms with Crippen molar-refractivity contribution < 1.29 is 9.18 Å². The molecule has 0 atom stereocenters. The molecule has 1 aliphatic heterocycles. The number of nitrogens with zero attached hydrogens (tertiary/aromatic N) is 3. The highest BCUT2D eigenvalue weighted by molar-refractivity contribution is 9.10. The minimum Gasteiger partial charge on any atom is -0.325 e. The van der Waals surface area contributed by atoms with Gasteiger partial charge in [0, 0.05) is 17.6 Å². The predicted molar refractivity (Wildman–Crippen MR) is 106 cm³/mol. The molecule has 27 heavy (non-hydrogen) atoms. The standard InChI is InChI=1S/C20H14BrFN4O/c1-2-5-18(27)24-20-23-16-7-4-3-6-13(16)19(25-20)26-9-8-12-10-15(22)14(21)11-17(12)26/h3-4,6-7,10-11H,8-9H2,1H3,(H,23,24,25,27). The zero-order chi connectivity index (χ0) is 19.0. The summed E-state index contributed by atoms with van der Waals surface area (Å²) in [5.41, 5.74) is 2.51. The number of hydrogen-bond acceptors (Lipinski definition) is 4. The quantitative estimate of drug-likeness (QED) is 0.626. The molecule has 0 bridgehead atoms. The van der Waals surface area contributed by atoms with Gasteiger partial charge in [-0.1, -0.05) is 18.1 Å². The number of para-hydroxylation sites is 1. The molecule has 0 aliphatic carbocycles. The second-order valence-electron chi connectivity index (χ2n) is 6.01. The number of aromatic nitrogens is 2. The van der Waals surface area contributed by atoms with Crippen molar-refractivity contribution >= 4 is 50.2 Å². The maximum atomic E-state index is 13.9. The fourth-order valence-corrected chi connectivity index (χ4v) is 3.50. The molecular weight excluding hydrogens is 411 g/mol. The van der Waals surface area contributed by atoms with Gasteiger partial charge in [0.05, 0.1) is 9.99 Å². The third-order valence-electron chi connectivity index (χ3n) is 4.32. The number of halogens is 2. The Kier molecular flexibility index (Phi) is 4.50. The van der Waals surface area contributed by atoms with Gasteiger partial charge in [0.15, 0.2) is 0 Å². The Labute approximate surface area is 163 Å². The molecule has 0 fully saturated rings. The van der Waals surface area contributed by atoms with Gasteiger partial charge < -0.3 is 4.90 Å². The van der Waals surface area contributed by atoms with Crippen LogP contribution in [-0.4, -0.2) is 22.4 Å². The lowest BCUT2D eigenvalue weighted by molar-refractivity contribution is -0.111. The lowest BCUT2D eigenvalue weighted by Crippen LogP contribution is -2.18. The topological polar surface area (TPSA) is 58.1 Å². The number of anilines is 3. The van der Waals surface area contributed by atoms with Gasteiger partial charge in [0.2, 0.25) is 5.95 Å². The molecule has 4 rings (SSSR count). The van der Waals surface area contributed by atoms with E-state index in [2.05, 4.69) is 43.1 Å². The van der Waals surface area contributed by atoms with Gasteiger partial charge in [0.25, 0.3) is 0 Å². The largest absolute Gasteiger partial charge is 0.325 e. The lowest BCUT2D eigenvalue weighted by Gasteiger charge is -2.21. The van der Waals surface area contributed by atoms with Crippen molar-refractivity contribution in [1.82, 2.24) is 9.97 Å². The summed E-state index contributed by atoms with van der Waals surface area (Å²) in [7, 11) is 0. The number of benzene rings is 2. The van der Waals surface area contributed by atoms with Gasteiger partial charge in [-0.2, -0.15) is 4.98 Å². The number of carbonyl (C=O) groups is 1. The summed E-state index contributed by atoms with van der Waals surface area (Å²) in [6.07, 6.45) is 0.709. The number of amides is 1. The van der Waals surface area contributed by atoms with Crippen LogP contribution in [0.4, 0.5) is 21.8 Å². The highest BCUT2D eigenvalue weighted by Gasteiger charge is 2.25. The highest BCUT2D eigenvalue weighted by Crippen LogP contribution is 2.39. The first-order valence-corrected chi connectivity index (χ1v) is 9.12. The van der Waals surface area contributed by atoms with Crippen LogP contribution in [-0.2, 0) is 11.2 Å². The molecule has 1 aromatic heterocycles. The number of carbonyl (C=O) groups excluding carboxylic acids is 1. The van der Waals surface area contributed by atoms with Crippen LogP contribution in [0, 0.1) is 17.7 Å². The maximum absolute atomic E-state index is 13.9. The molecule has 0 saturated carbocycles. The minimum atomic E-state index is -0.467. The van der Waals surface area contributed by atoms with Crippen LogP contribution >= 0.6 is 15.9 Å². The normalized spacial score (nSPS) is 12.5. The molecule has 2 aromatic carbocycles. The van der Waals surface area contributed by atoms with Crippen molar-refractivity contribution in [2.24, 2.45) is 0 Å². The van der Waals surface area contributed by atoms with Gasteiger partial charge in [-0.3, -0.25) is 10.1 Å². The lowest BCUT2D eigenvalue weighted by atomic mass is 10.1. The van der Waals surface area contributed by atoms with Crippen LogP contribution in [0.3, 0.4) is 0 Å². The number of fused-ring (bicyclic) bond motifs is 2. The monoisotopic (exact) mass is 424 g/mol. The molecule has 7 heteroatoms. The first-order valence-electron chi connectivity index (χ1n) is 8.33. The van der Waals surface area contributed by atoms with E-state index in [1.807, 2.05) is 29.2 Å². The van der Waals surface area contributed by atoms with Gasteiger partial charge in [0.1, 0.15) is 11.6 Å². The predicted octanol–water partition coefficient (Wildman–Crippen LogP) is 4.19. The van der Waals surface area contributed by atoms with Crippen LogP contribution < -0.4 is 10.2 Å². The summed E-state index contributed by atoms with van der Waals surface area (Å²) < 4.78 is 14.3. The fourth-order valence-electron chi connectivity index (χ4n) is 3.17. The van der Waals surface area contributed by atoms with E-state index in [0.29, 0.717) is 28.8 Å². The molecule has 1 aliphatic rings. The second kappa shape index (κ2) is 6.97. The Bertz CT molecular complexity index is 1140. The Balaban J connectivity index is 1.85. The molecule has 0 spiro atoms. The summed E-state index contributed by atoms with van der Waals surface area (Å²) in [4.78, 5) is 22.8. The van der Waals surface area contributed by atoms with E-state index in [-0.39, 0.29) is 11.8 Å². The van der Waals surface area contributed by atoms with Crippen molar-refractivity contribution in [3.05, 3.63) is 52.3 Å². The highest BCUT2D eigenvalue weighted by atomic mass is 79.9. The summed E-state index contributed by atoms with van der Waals surface area (Å²) in [5, 5.41) is 3.46. The summed E-state index contributed by atoms with van der Waals surface area (Å²) in [6.45, 7) is 2.25. The molecule has 1 N–H and O–H groups in total. The van der Waals surface area contributed by atoms with Crippen molar-refractivity contribution in [2.75, 3.05) is 16.8 Å². The smallest absolute Gasteiger partial charge is 0.302 e. The Morgan fingerprint density at radius 1 is 1.30 bits per heavy atom. The van der Waals surface area contributed by atoms with E-state index in [9.17, 15) is 9.18 Å². The number of hydrogen-bond donors (Lipinski definition) is 1. The summed E-state index contributed by atoms with van der Waals surface area (Å²) in [5.74, 6) is 5.07. The van der Waals surface area contributed by atoms with E-state index in [1.165, 1.54) is 0 Å². The average molecular weight is 425 g/mol. The maximum Gasteiger partial charge on any atom is 0.302 e. The molecule has 134 valence electrons. The molecule has 0 saturated heterocycles. The zero-order valence-corrected chi connectivity index (χ0v) is 16.0. The number of rotatable bonds is 2. The molecule has 5 nitrogen and oxygen atoms in total. The van der Waals surface area contributed by atoms with Gasteiger partial charge in [-0.15, -0.1) is 0 Å². The van der Waals surface area contributed by atoms with Gasteiger partial charge in [-0.25, -0.2) is 9.37 Å². The number of nitrogens with one attached hydrogen (secondary N) is 1. The first kappa shape index (κ1) is 17.4. The molecule has 3 aromatic rings. The van der Waals surface area contributed by atoms with E-state index in [1.54, 1.807) is 19.1 Å². The third-order valence-corrected chi connectivity index (χ3v) is 4.93. The van der Waals surface area contributed by atoms with E-state index >= 15 is 0 Å². The Morgan fingerprint density at radius 2 is 2.11 bits per heavy atom. The van der Waals surface area contributed by atoms with Crippen LogP contribution in [0.15, 0.2) is 40.9 Å². The molecule has 2 heterocycles. The van der Waals surface area contributed by atoms with Crippen molar-refractivity contribution in [3.8, 4) is 11.8 Å². The van der Waals surface area contributed by atoms with E-state index in [4.69, 9.17) is 0 Å². The molecule has 0 unspecified atom stereocenters. The summed E-state index contributed by atoms with van der Waals surface area (Å²) in [6, 6.07) is 10.9.